The Labute approximate surface area is 376 Å². The number of primary amides is 1. The van der Waals surface area contributed by atoms with Crippen molar-refractivity contribution in [2.45, 2.75) is 101 Å². The van der Waals surface area contributed by atoms with Gasteiger partial charge >= 0.3 is 0 Å². The van der Waals surface area contributed by atoms with E-state index in [1.165, 1.54) is 14.0 Å². The zero-order valence-corrected chi connectivity index (χ0v) is 37.4. The Morgan fingerprint density at radius 2 is 1.60 bits per heavy atom. The molecule has 3 unspecified atom stereocenters. The number of hydrogen-bond donors (Lipinski definition) is 10. The molecule has 7 amide bonds. The van der Waals surface area contributed by atoms with E-state index in [2.05, 4.69) is 31.6 Å². The maximum atomic E-state index is 14.7. The third-order valence-electron chi connectivity index (χ3n) is 12.3. The van der Waals surface area contributed by atoms with Crippen molar-refractivity contribution in [3.8, 4) is 5.75 Å². The largest absolute Gasteiger partial charge is 0.497 e. The molecule has 11 atom stereocenters. The van der Waals surface area contributed by atoms with Crippen LogP contribution in [0.4, 0.5) is 0 Å². The summed E-state index contributed by atoms with van der Waals surface area (Å²) >= 11 is 0. The van der Waals surface area contributed by atoms with Crippen LogP contribution in [0.15, 0.2) is 23.2 Å². The molecular formula is C42H58N8O14S. The molecule has 0 aliphatic carbocycles. The van der Waals surface area contributed by atoms with Gasteiger partial charge in [-0.25, -0.2) is 0 Å². The van der Waals surface area contributed by atoms with Crippen LogP contribution in [0.3, 0.4) is 0 Å². The maximum absolute atomic E-state index is 14.7. The third-order valence-corrected chi connectivity index (χ3v) is 13.8. The second-order valence-corrected chi connectivity index (χ2v) is 18.4. The van der Waals surface area contributed by atoms with E-state index in [-0.39, 0.29) is 23.4 Å². The summed E-state index contributed by atoms with van der Waals surface area (Å²) in [6.45, 7) is 2.10. The lowest BCUT2D eigenvalue weighted by atomic mass is 9.85. The molecule has 0 saturated carbocycles. The van der Waals surface area contributed by atoms with E-state index >= 15 is 0 Å². The van der Waals surface area contributed by atoms with Gasteiger partial charge in [-0.3, -0.25) is 47.4 Å². The van der Waals surface area contributed by atoms with Crippen LogP contribution in [-0.2, 0) is 60.4 Å². The fraction of sp³-hybridized carbons (Fsp3) is 0.595. The highest BCUT2D eigenvalue weighted by molar-refractivity contribution is 7.85. The first-order chi connectivity index (χ1) is 30.8. The summed E-state index contributed by atoms with van der Waals surface area (Å²) in [5.41, 5.74) is 6.13. The Hall–Kier alpha value is -5.78. The first-order valence-corrected chi connectivity index (χ1v) is 22.7. The quantitative estimate of drug-likeness (QED) is 0.123. The topological polar surface area (TPSA) is 346 Å². The van der Waals surface area contributed by atoms with Gasteiger partial charge in [-0.1, -0.05) is 27.2 Å². The number of nitrogens with two attached hydrogens (primary N) is 1. The number of carbonyl (C=O) groups is 9. The maximum Gasteiger partial charge on any atom is 0.243 e. The SMILES string of the molecule is CC[C@H](C)[C@@H]1NC(=O)CNC(=O)C2CC(=O)[C@H]([C@@H](C)[C@@H](O)CO)NC(=O)[C@@H]3CC(O)CN3C(=O)[C@H](CC(N)=O)CC(=O)C(C[S@@](=O)c3[nH]c4cc(OC)ccc4c3C2)NC(=O)CNC1=O. The van der Waals surface area contributed by atoms with E-state index in [4.69, 9.17) is 10.5 Å². The number of rotatable bonds is 8. The molecule has 1 fully saturated rings. The molecule has 356 valence electrons. The zero-order chi connectivity index (χ0) is 47.9. The van der Waals surface area contributed by atoms with E-state index in [0.717, 1.165) is 4.90 Å². The number of H-pyrrole nitrogens is 1. The molecule has 65 heavy (non-hydrogen) atoms. The Morgan fingerprint density at radius 3 is 2.25 bits per heavy atom. The summed E-state index contributed by atoms with van der Waals surface area (Å²) in [7, 11) is -0.859. The first-order valence-electron chi connectivity index (χ1n) is 21.4. The average molecular weight is 931 g/mol. The van der Waals surface area contributed by atoms with Gasteiger partial charge in [0.25, 0.3) is 0 Å². The van der Waals surface area contributed by atoms with Gasteiger partial charge in [0.15, 0.2) is 11.6 Å². The Morgan fingerprint density at radius 1 is 0.923 bits per heavy atom. The van der Waals surface area contributed by atoms with Crippen molar-refractivity contribution in [3.63, 3.8) is 0 Å². The number of nitrogens with one attached hydrogen (secondary N) is 6. The van der Waals surface area contributed by atoms with Crippen LogP contribution >= 0.6 is 0 Å². The molecule has 2 aromatic rings. The standard InChI is InChI=1S/C42H58N8O14S/c1-5-19(2)36-40(61)45-14-34(57)46-28-18-65(63)41-26(25-7-6-24(64-4)13-27(25)47-41)8-21(38(59)44-15-35(58)48-36)9-31(54)37(20(3)32(55)17-51)49-39(60)29-12-23(52)16-50(29)42(62)22(10-30(28)53)11-33(43)56/h6-7,13,19-23,28-29,32,36-37,47,51-52,55H,5,8-12,14-18H2,1-4H3,(H2,43,56)(H,44,59)(H,45,61)(H,46,57)(H,48,58)(H,49,60)/t19-,20-,21?,22-,23?,28?,29-,32-,36-,37-,65+/m0/s1. The van der Waals surface area contributed by atoms with E-state index < -0.39 is 175 Å². The number of aromatic nitrogens is 1. The highest BCUT2D eigenvalue weighted by atomic mass is 32.2. The molecule has 23 heteroatoms. The number of benzene rings is 1. The molecule has 2 bridgehead atoms. The van der Waals surface area contributed by atoms with Gasteiger partial charge in [0.05, 0.1) is 79.1 Å². The molecule has 22 nitrogen and oxygen atoms in total. The molecule has 3 aliphatic heterocycles. The molecule has 4 heterocycles. The van der Waals surface area contributed by atoms with Crippen molar-refractivity contribution in [1.82, 2.24) is 36.5 Å². The average Bonchev–Trinajstić information content (AvgIpc) is 3.85. The van der Waals surface area contributed by atoms with E-state index in [1.54, 1.807) is 32.0 Å². The molecule has 0 spiro atoms. The van der Waals surface area contributed by atoms with E-state index in [9.17, 15) is 62.7 Å². The summed E-state index contributed by atoms with van der Waals surface area (Å²) in [4.78, 5) is 129. The minimum absolute atomic E-state index is 0.0391. The summed E-state index contributed by atoms with van der Waals surface area (Å²) in [5.74, 6) is -13.0. The molecular weight excluding hydrogens is 873 g/mol. The van der Waals surface area contributed by atoms with Gasteiger partial charge in [0.1, 0.15) is 22.9 Å². The smallest absolute Gasteiger partial charge is 0.243 e. The van der Waals surface area contributed by atoms with Crippen LogP contribution in [-0.4, -0.2) is 158 Å². The number of aromatic amines is 1. The van der Waals surface area contributed by atoms with Gasteiger partial charge < -0.3 is 62.3 Å². The third kappa shape index (κ3) is 12.1. The second-order valence-electron chi connectivity index (χ2n) is 16.9. The van der Waals surface area contributed by atoms with Crippen molar-refractivity contribution < 1.29 is 67.4 Å². The van der Waals surface area contributed by atoms with Crippen molar-refractivity contribution in [2.75, 3.05) is 39.1 Å². The number of aliphatic hydroxyl groups excluding tert-OH is 3. The predicted octanol–water partition coefficient (Wildman–Crippen LogP) is -3.44. The van der Waals surface area contributed by atoms with Crippen LogP contribution in [0.1, 0.15) is 58.4 Å². The fourth-order valence-electron chi connectivity index (χ4n) is 8.38. The van der Waals surface area contributed by atoms with E-state index in [0.29, 0.717) is 23.1 Å². The number of nitrogens with zero attached hydrogens (tertiary/aromatic N) is 1. The molecule has 1 saturated heterocycles. The van der Waals surface area contributed by atoms with Gasteiger partial charge in [-0.05, 0) is 30.0 Å². The van der Waals surface area contributed by atoms with E-state index in [1.807, 2.05) is 0 Å². The Kier molecular flexibility index (Phi) is 16.9. The number of carbonyl (C=O) groups excluding carboxylic acids is 9. The van der Waals surface area contributed by atoms with Gasteiger partial charge in [0.2, 0.25) is 41.4 Å². The predicted molar refractivity (Wildman–Crippen MR) is 230 cm³/mol. The van der Waals surface area contributed by atoms with Crippen molar-refractivity contribution in [2.24, 2.45) is 29.4 Å². The van der Waals surface area contributed by atoms with Crippen LogP contribution in [0.2, 0.25) is 0 Å². The summed E-state index contributed by atoms with van der Waals surface area (Å²) < 4.78 is 20.1. The highest BCUT2D eigenvalue weighted by Gasteiger charge is 2.45. The number of hydrogen-bond acceptors (Lipinski definition) is 14. The monoisotopic (exact) mass is 930 g/mol. The lowest BCUT2D eigenvalue weighted by Crippen LogP contribution is -2.56. The van der Waals surface area contributed by atoms with Crippen molar-refractivity contribution in [1.29, 1.82) is 0 Å². The molecule has 1 aromatic carbocycles. The van der Waals surface area contributed by atoms with Crippen molar-refractivity contribution >= 4 is 74.6 Å². The summed E-state index contributed by atoms with van der Waals surface area (Å²) in [6.07, 6.45) is -5.41. The van der Waals surface area contributed by atoms with Gasteiger partial charge in [0, 0.05) is 55.5 Å². The number of amides is 7. The van der Waals surface area contributed by atoms with Crippen LogP contribution in [0.25, 0.3) is 10.9 Å². The summed E-state index contributed by atoms with van der Waals surface area (Å²) in [5, 5.41) is 44.4. The highest BCUT2D eigenvalue weighted by Crippen LogP contribution is 2.33. The Balaban J connectivity index is 1.74. The molecule has 3 aliphatic rings. The van der Waals surface area contributed by atoms with Crippen molar-refractivity contribution in [3.05, 3.63) is 23.8 Å². The second kappa shape index (κ2) is 21.9. The van der Waals surface area contributed by atoms with Crippen LogP contribution in [0, 0.1) is 23.7 Å². The summed E-state index contributed by atoms with van der Waals surface area (Å²) in [6, 6.07) is -1.22. The number of Topliss-reactive ketones (excluding diaryl/α,β-unsaturated/α-hetero) is 2. The molecule has 0 radical (unpaired) electrons. The minimum atomic E-state index is -2.28. The van der Waals surface area contributed by atoms with Crippen LogP contribution in [0.5, 0.6) is 5.75 Å². The Bertz CT molecular complexity index is 2220. The molecule has 1 aromatic heterocycles. The number of aliphatic hydroxyl groups is 3. The van der Waals surface area contributed by atoms with Crippen LogP contribution < -0.4 is 37.1 Å². The number of ketones is 2. The first kappa shape index (κ1) is 50.2. The lowest BCUT2D eigenvalue weighted by molar-refractivity contribution is -0.145. The number of methoxy groups -OCH3 is 1. The lowest BCUT2D eigenvalue weighted by Gasteiger charge is -2.32. The van der Waals surface area contributed by atoms with Gasteiger partial charge in [-0.2, -0.15) is 0 Å². The number of fused-ring (bicyclic) bond motifs is 5. The fourth-order valence-corrected chi connectivity index (χ4v) is 9.81. The normalized spacial score (nSPS) is 28.4. The zero-order valence-electron chi connectivity index (χ0n) is 36.5. The molecule has 11 N–H and O–H groups in total. The number of ether oxygens (including phenoxy) is 1. The van der Waals surface area contributed by atoms with Gasteiger partial charge in [-0.15, -0.1) is 0 Å². The molecule has 5 rings (SSSR count). The minimum Gasteiger partial charge on any atom is -0.497 e.